The van der Waals surface area contributed by atoms with Crippen molar-refractivity contribution in [2.24, 2.45) is 11.8 Å². The van der Waals surface area contributed by atoms with Crippen LogP contribution in [0.2, 0.25) is 0 Å². The van der Waals surface area contributed by atoms with Crippen LogP contribution in [-0.2, 0) is 0 Å². The third kappa shape index (κ3) is 6.09. The molecule has 3 nitrogen and oxygen atoms in total. The third-order valence-corrected chi connectivity index (χ3v) is 3.36. The van der Waals surface area contributed by atoms with E-state index in [2.05, 4.69) is 50.5 Å². The zero-order valence-electron chi connectivity index (χ0n) is 13.1. The molecule has 0 saturated carbocycles. The summed E-state index contributed by atoms with van der Waals surface area (Å²) < 4.78 is 0. The van der Waals surface area contributed by atoms with Gasteiger partial charge in [-0.3, -0.25) is 0 Å². The van der Waals surface area contributed by atoms with Gasteiger partial charge in [-0.2, -0.15) is 0 Å². The molecular formula is C17H28N2O. The molecule has 0 aromatic heterocycles. The lowest BCUT2D eigenvalue weighted by molar-refractivity contribution is 0.232. The lowest BCUT2D eigenvalue weighted by Gasteiger charge is -2.23. The van der Waals surface area contributed by atoms with E-state index in [9.17, 15) is 4.79 Å². The molecule has 2 amide bonds. The van der Waals surface area contributed by atoms with E-state index in [1.54, 1.807) is 0 Å². The lowest BCUT2D eigenvalue weighted by Crippen LogP contribution is -2.40. The Morgan fingerprint density at radius 1 is 1.10 bits per heavy atom. The number of nitrogens with one attached hydrogen (secondary N) is 2. The van der Waals surface area contributed by atoms with Crippen molar-refractivity contribution >= 4 is 6.03 Å². The van der Waals surface area contributed by atoms with Crippen molar-refractivity contribution < 1.29 is 4.79 Å². The van der Waals surface area contributed by atoms with Gasteiger partial charge in [-0.25, -0.2) is 4.79 Å². The molecule has 1 unspecified atom stereocenters. The summed E-state index contributed by atoms with van der Waals surface area (Å²) in [7, 11) is 0. The van der Waals surface area contributed by atoms with Crippen LogP contribution < -0.4 is 10.6 Å². The normalized spacial score (nSPS) is 12.5. The molecule has 3 heteroatoms. The Balaban J connectivity index is 2.44. The summed E-state index contributed by atoms with van der Waals surface area (Å²) in [6.07, 6.45) is 2.18. The second-order valence-electron chi connectivity index (χ2n) is 6.07. The van der Waals surface area contributed by atoms with Crippen molar-refractivity contribution in [2.45, 2.75) is 46.6 Å². The van der Waals surface area contributed by atoms with E-state index in [4.69, 9.17) is 0 Å². The standard InChI is InChI=1S/C17H28N2O/c1-13(2)9-8-12-18-17(20)19-16(14(3)4)15-10-6-5-7-11-15/h5-7,10-11,13-14,16H,8-9,12H2,1-4H3,(H2,18,19,20). The predicted octanol–water partition coefficient (Wildman–Crippen LogP) is 4.12. The van der Waals surface area contributed by atoms with E-state index in [1.165, 1.54) is 0 Å². The average Bonchev–Trinajstić information content (AvgIpc) is 2.41. The van der Waals surface area contributed by atoms with Gasteiger partial charge in [0, 0.05) is 6.54 Å². The molecule has 0 aliphatic heterocycles. The van der Waals surface area contributed by atoms with Crippen LogP contribution >= 0.6 is 0 Å². The van der Waals surface area contributed by atoms with Gasteiger partial charge < -0.3 is 10.6 Å². The molecule has 1 aromatic rings. The van der Waals surface area contributed by atoms with Gasteiger partial charge in [0.15, 0.2) is 0 Å². The summed E-state index contributed by atoms with van der Waals surface area (Å²) >= 11 is 0. The summed E-state index contributed by atoms with van der Waals surface area (Å²) in [6.45, 7) is 9.38. The summed E-state index contributed by atoms with van der Waals surface area (Å²) in [5, 5.41) is 6.01. The summed E-state index contributed by atoms with van der Waals surface area (Å²) in [5.74, 6) is 1.05. The molecule has 0 saturated heterocycles. The maximum Gasteiger partial charge on any atom is 0.315 e. The Hall–Kier alpha value is -1.51. The second kappa shape index (κ2) is 8.62. The first-order chi connectivity index (χ1) is 9.50. The van der Waals surface area contributed by atoms with Crippen molar-refractivity contribution in [3.63, 3.8) is 0 Å². The molecule has 20 heavy (non-hydrogen) atoms. The van der Waals surface area contributed by atoms with Gasteiger partial charge in [0.1, 0.15) is 0 Å². The van der Waals surface area contributed by atoms with Crippen LogP contribution in [0.25, 0.3) is 0 Å². The van der Waals surface area contributed by atoms with Crippen molar-refractivity contribution in [3.05, 3.63) is 35.9 Å². The highest BCUT2D eigenvalue weighted by Crippen LogP contribution is 2.20. The molecule has 0 bridgehead atoms. The second-order valence-corrected chi connectivity index (χ2v) is 6.07. The number of rotatable bonds is 7. The van der Waals surface area contributed by atoms with Crippen LogP contribution in [0, 0.1) is 11.8 Å². The van der Waals surface area contributed by atoms with Crippen molar-refractivity contribution in [1.29, 1.82) is 0 Å². The Morgan fingerprint density at radius 3 is 2.30 bits per heavy atom. The fraction of sp³-hybridized carbons (Fsp3) is 0.588. The van der Waals surface area contributed by atoms with Gasteiger partial charge in [-0.1, -0.05) is 58.0 Å². The van der Waals surface area contributed by atoms with Gasteiger partial charge in [0.25, 0.3) is 0 Å². The molecule has 112 valence electrons. The van der Waals surface area contributed by atoms with Crippen LogP contribution in [0.3, 0.4) is 0 Å². The van der Waals surface area contributed by atoms with Crippen LogP contribution in [0.15, 0.2) is 30.3 Å². The average molecular weight is 276 g/mol. The van der Waals surface area contributed by atoms with E-state index in [-0.39, 0.29) is 12.1 Å². The van der Waals surface area contributed by atoms with E-state index < -0.39 is 0 Å². The van der Waals surface area contributed by atoms with Crippen molar-refractivity contribution in [1.82, 2.24) is 10.6 Å². The summed E-state index contributed by atoms with van der Waals surface area (Å²) in [5.41, 5.74) is 1.15. The van der Waals surface area contributed by atoms with Crippen molar-refractivity contribution in [2.75, 3.05) is 6.54 Å². The maximum atomic E-state index is 12.0. The molecule has 0 fully saturated rings. The number of amides is 2. The number of benzene rings is 1. The van der Waals surface area contributed by atoms with E-state index in [0.717, 1.165) is 24.9 Å². The topological polar surface area (TPSA) is 41.1 Å². The van der Waals surface area contributed by atoms with E-state index >= 15 is 0 Å². The third-order valence-electron chi connectivity index (χ3n) is 3.36. The van der Waals surface area contributed by atoms with Crippen LogP contribution in [0.5, 0.6) is 0 Å². The minimum absolute atomic E-state index is 0.0568. The molecule has 1 aromatic carbocycles. The smallest absolute Gasteiger partial charge is 0.315 e. The first-order valence-corrected chi connectivity index (χ1v) is 7.60. The highest BCUT2D eigenvalue weighted by atomic mass is 16.2. The highest BCUT2D eigenvalue weighted by molar-refractivity contribution is 5.74. The quantitative estimate of drug-likeness (QED) is 0.723. The molecule has 1 atom stereocenters. The predicted molar refractivity (Wildman–Crippen MR) is 84.6 cm³/mol. The monoisotopic (exact) mass is 276 g/mol. The zero-order valence-corrected chi connectivity index (χ0v) is 13.1. The van der Waals surface area contributed by atoms with E-state index in [1.807, 2.05) is 18.2 Å². The Kier molecular flexibility index (Phi) is 7.13. The molecule has 2 N–H and O–H groups in total. The van der Waals surface area contributed by atoms with Crippen LogP contribution in [-0.4, -0.2) is 12.6 Å². The SMILES string of the molecule is CC(C)CCCNC(=O)NC(c1ccccc1)C(C)C. The van der Waals surface area contributed by atoms with Gasteiger partial charge in [0.05, 0.1) is 6.04 Å². The fourth-order valence-corrected chi connectivity index (χ4v) is 2.20. The Labute approximate surface area is 123 Å². The number of hydrogen-bond donors (Lipinski definition) is 2. The number of carbonyl (C=O) groups is 1. The molecule has 0 aliphatic carbocycles. The minimum Gasteiger partial charge on any atom is -0.338 e. The van der Waals surface area contributed by atoms with Crippen molar-refractivity contribution in [3.8, 4) is 0 Å². The highest BCUT2D eigenvalue weighted by Gasteiger charge is 2.17. The summed E-state index contributed by atoms with van der Waals surface area (Å²) in [4.78, 5) is 12.0. The van der Waals surface area contributed by atoms with E-state index in [0.29, 0.717) is 11.8 Å². The maximum absolute atomic E-state index is 12.0. The largest absolute Gasteiger partial charge is 0.338 e. The number of urea groups is 1. The van der Waals surface area contributed by atoms with Gasteiger partial charge in [0.2, 0.25) is 0 Å². The molecular weight excluding hydrogens is 248 g/mol. The molecule has 0 aliphatic rings. The Morgan fingerprint density at radius 2 is 1.75 bits per heavy atom. The first-order valence-electron chi connectivity index (χ1n) is 7.60. The van der Waals surface area contributed by atoms with Gasteiger partial charge in [-0.15, -0.1) is 0 Å². The lowest BCUT2D eigenvalue weighted by atomic mass is 9.96. The minimum atomic E-state index is -0.0729. The Bertz CT molecular complexity index is 387. The molecule has 0 radical (unpaired) electrons. The fourth-order valence-electron chi connectivity index (χ4n) is 2.20. The first kappa shape index (κ1) is 16.5. The van der Waals surface area contributed by atoms with Crippen LogP contribution in [0.1, 0.15) is 52.1 Å². The number of hydrogen-bond acceptors (Lipinski definition) is 1. The molecule has 0 spiro atoms. The summed E-state index contributed by atoms with van der Waals surface area (Å²) in [6, 6.07) is 10.1. The molecule has 0 heterocycles. The van der Waals surface area contributed by atoms with Gasteiger partial charge >= 0.3 is 6.03 Å². The van der Waals surface area contributed by atoms with Crippen LogP contribution in [0.4, 0.5) is 4.79 Å². The van der Waals surface area contributed by atoms with Gasteiger partial charge in [-0.05, 0) is 30.2 Å². The number of carbonyl (C=O) groups excluding carboxylic acids is 1. The zero-order chi connectivity index (χ0) is 15.0. The molecule has 1 rings (SSSR count).